The van der Waals surface area contributed by atoms with Crippen LogP contribution in [0.15, 0.2) is 24.3 Å². The molecule has 0 bridgehead atoms. The molecule has 1 aromatic carbocycles. The van der Waals surface area contributed by atoms with Crippen LogP contribution in [-0.4, -0.2) is 6.04 Å². The summed E-state index contributed by atoms with van der Waals surface area (Å²) < 4.78 is 0. The summed E-state index contributed by atoms with van der Waals surface area (Å²) in [4.78, 5) is 0. The summed E-state index contributed by atoms with van der Waals surface area (Å²) in [6.45, 7) is 6.33. The van der Waals surface area contributed by atoms with Gasteiger partial charge in [0.15, 0.2) is 0 Å². The van der Waals surface area contributed by atoms with Gasteiger partial charge in [-0.2, -0.15) is 0 Å². The second kappa shape index (κ2) is 5.72. The van der Waals surface area contributed by atoms with Gasteiger partial charge >= 0.3 is 0 Å². The van der Waals surface area contributed by atoms with Crippen molar-refractivity contribution in [1.82, 2.24) is 0 Å². The summed E-state index contributed by atoms with van der Waals surface area (Å²) >= 11 is 0. The zero-order chi connectivity index (χ0) is 11.3. The summed E-state index contributed by atoms with van der Waals surface area (Å²) in [6.07, 6.45) is 6.49. The van der Waals surface area contributed by atoms with E-state index in [2.05, 4.69) is 44.2 Å². The Morgan fingerprint density at radius 2 is 2.00 bits per heavy atom. The van der Waals surface area contributed by atoms with Crippen molar-refractivity contribution in [2.24, 2.45) is 5.73 Å². The molecule has 2 N–H and O–H groups in total. The number of hydrogen-bond donors (Lipinski definition) is 1. The number of rotatable bonds is 4. The van der Waals surface area contributed by atoms with Crippen molar-refractivity contribution < 1.29 is 0 Å². The van der Waals surface area contributed by atoms with Crippen molar-refractivity contribution in [3.63, 3.8) is 0 Å². The third-order valence-corrected chi connectivity index (χ3v) is 2.63. The van der Waals surface area contributed by atoms with E-state index >= 15 is 0 Å². The first-order valence-corrected chi connectivity index (χ1v) is 5.59. The lowest BCUT2D eigenvalue weighted by atomic mass is 10.1. The highest BCUT2D eigenvalue weighted by atomic mass is 14.6. The number of allylic oxidation sites excluding steroid dienone is 1. The molecule has 0 saturated heterocycles. The predicted molar refractivity (Wildman–Crippen MR) is 67.8 cm³/mol. The highest BCUT2D eigenvalue weighted by Gasteiger charge is 1.93. The molecule has 82 valence electrons. The SMILES string of the molecule is Cc1ccc(/C=C/CCC(C)N)cc1C. The van der Waals surface area contributed by atoms with E-state index in [1.807, 2.05) is 6.92 Å². The summed E-state index contributed by atoms with van der Waals surface area (Å²) in [5.74, 6) is 0. The van der Waals surface area contributed by atoms with Crippen molar-refractivity contribution in [1.29, 1.82) is 0 Å². The maximum Gasteiger partial charge on any atom is 0.00134 e. The van der Waals surface area contributed by atoms with Crippen molar-refractivity contribution in [3.8, 4) is 0 Å². The zero-order valence-corrected chi connectivity index (χ0v) is 9.96. The molecule has 0 radical (unpaired) electrons. The van der Waals surface area contributed by atoms with Crippen LogP contribution in [-0.2, 0) is 0 Å². The molecule has 1 nitrogen and oxygen atoms in total. The second-order valence-corrected chi connectivity index (χ2v) is 4.30. The van der Waals surface area contributed by atoms with Crippen LogP contribution in [0.2, 0.25) is 0 Å². The minimum Gasteiger partial charge on any atom is -0.328 e. The van der Waals surface area contributed by atoms with Gasteiger partial charge in [-0.15, -0.1) is 0 Å². The number of aryl methyl sites for hydroxylation is 2. The lowest BCUT2D eigenvalue weighted by Gasteiger charge is -2.02. The van der Waals surface area contributed by atoms with Crippen molar-refractivity contribution >= 4 is 6.08 Å². The Balaban J connectivity index is 2.53. The zero-order valence-electron chi connectivity index (χ0n) is 9.96. The Morgan fingerprint density at radius 3 is 2.60 bits per heavy atom. The third kappa shape index (κ3) is 4.30. The van der Waals surface area contributed by atoms with Crippen LogP contribution in [0, 0.1) is 13.8 Å². The summed E-state index contributed by atoms with van der Waals surface area (Å²) in [5.41, 5.74) is 9.66. The van der Waals surface area contributed by atoms with Gasteiger partial charge in [-0.05, 0) is 50.3 Å². The van der Waals surface area contributed by atoms with Gasteiger partial charge in [0.25, 0.3) is 0 Å². The topological polar surface area (TPSA) is 26.0 Å². The van der Waals surface area contributed by atoms with Gasteiger partial charge in [0.05, 0.1) is 0 Å². The molecule has 0 aromatic heterocycles. The van der Waals surface area contributed by atoms with Gasteiger partial charge in [-0.3, -0.25) is 0 Å². The molecule has 0 spiro atoms. The van der Waals surface area contributed by atoms with Crippen molar-refractivity contribution in [2.75, 3.05) is 0 Å². The van der Waals surface area contributed by atoms with Gasteiger partial charge in [0.2, 0.25) is 0 Å². The normalized spacial score (nSPS) is 13.3. The minimum atomic E-state index is 0.300. The fourth-order valence-electron chi connectivity index (χ4n) is 1.45. The molecule has 0 aliphatic carbocycles. The monoisotopic (exact) mass is 203 g/mol. The van der Waals surface area contributed by atoms with Crippen LogP contribution < -0.4 is 5.73 Å². The van der Waals surface area contributed by atoms with E-state index < -0.39 is 0 Å². The van der Waals surface area contributed by atoms with Crippen LogP contribution in [0.5, 0.6) is 0 Å². The van der Waals surface area contributed by atoms with Gasteiger partial charge < -0.3 is 5.73 Å². The van der Waals surface area contributed by atoms with E-state index in [1.54, 1.807) is 0 Å². The highest BCUT2D eigenvalue weighted by molar-refractivity contribution is 5.51. The lowest BCUT2D eigenvalue weighted by molar-refractivity contribution is 0.677. The van der Waals surface area contributed by atoms with Gasteiger partial charge in [0.1, 0.15) is 0 Å². The Kier molecular flexibility index (Phi) is 4.57. The fourth-order valence-corrected chi connectivity index (χ4v) is 1.45. The van der Waals surface area contributed by atoms with Crippen LogP contribution in [0.25, 0.3) is 6.08 Å². The molecule has 0 heterocycles. The molecule has 1 aromatic rings. The number of benzene rings is 1. The molecule has 1 rings (SSSR count). The average Bonchev–Trinajstić information content (AvgIpc) is 2.18. The lowest BCUT2D eigenvalue weighted by Crippen LogP contribution is -2.13. The Hall–Kier alpha value is -1.08. The summed E-state index contributed by atoms with van der Waals surface area (Å²) in [5, 5.41) is 0. The Morgan fingerprint density at radius 1 is 1.27 bits per heavy atom. The molecule has 1 heteroatoms. The molecule has 0 fully saturated rings. The maximum absolute atomic E-state index is 5.68. The van der Waals surface area contributed by atoms with Crippen LogP contribution in [0.4, 0.5) is 0 Å². The number of nitrogens with two attached hydrogens (primary N) is 1. The second-order valence-electron chi connectivity index (χ2n) is 4.30. The van der Waals surface area contributed by atoms with E-state index in [0.29, 0.717) is 6.04 Å². The first kappa shape index (κ1) is 12.0. The first-order valence-electron chi connectivity index (χ1n) is 5.59. The van der Waals surface area contributed by atoms with Crippen molar-refractivity contribution in [3.05, 3.63) is 41.0 Å². The average molecular weight is 203 g/mol. The van der Waals surface area contributed by atoms with E-state index in [1.165, 1.54) is 16.7 Å². The first-order chi connectivity index (χ1) is 7.09. The Labute approximate surface area is 93.0 Å². The third-order valence-electron chi connectivity index (χ3n) is 2.63. The van der Waals surface area contributed by atoms with Crippen molar-refractivity contribution in [2.45, 2.75) is 39.7 Å². The molecule has 1 atom stereocenters. The molecule has 0 amide bonds. The summed E-state index contributed by atoms with van der Waals surface area (Å²) in [6, 6.07) is 6.84. The molecular formula is C14H21N. The smallest absolute Gasteiger partial charge is 0.00134 e. The predicted octanol–water partition coefficient (Wildman–Crippen LogP) is 3.44. The van der Waals surface area contributed by atoms with Crippen LogP contribution >= 0.6 is 0 Å². The molecule has 15 heavy (non-hydrogen) atoms. The Bertz CT molecular complexity index is 337. The molecular weight excluding hydrogens is 182 g/mol. The molecule has 0 saturated carbocycles. The largest absolute Gasteiger partial charge is 0.328 e. The van der Waals surface area contributed by atoms with Crippen LogP contribution in [0.1, 0.15) is 36.5 Å². The molecule has 0 aliphatic heterocycles. The molecule has 1 unspecified atom stereocenters. The number of hydrogen-bond acceptors (Lipinski definition) is 1. The van der Waals surface area contributed by atoms with Gasteiger partial charge in [0, 0.05) is 6.04 Å². The minimum absolute atomic E-state index is 0.300. The molecule has 0 aliphatic rings. The van der Waals surface area contributed by atoms with E-state index in [-0.39, 0.29) is 0 Å². The van der Waals surface area contributed by atoms with Gasteiger partial charge in [-0.25, -0.2) is 0 Å². The van der Waals surface area contributed by atoms with Crippen LogP contribution in [0.3, 0.4) is 0 Å². The fraction of sp³-hybridized carbons (Fsp3) is 0.429. The summed E-state index contributed by atoms with van der Waals surface area (Å²) in [7, 11) is 0. The standard InChI is InChI=1S/C14H21N/c1-11-8-9-14(10-12(11)2)7-5-4-6-13(3)15/h5,7-10,13H,4,6,15H2,1-3H3/b7-5+. The van der Waals surface area contributed by atoms with E-state index in [9.17, 15) is 0 Å². The quantitative estimate of drug-likeness (QED) is 0.797. The van der Waals surface area contributed by atoms with E-state index in [4.69, 9.17) is 5.73 Å². The maximum atomic E-state index is 5.68. The van der Waals surface area contributed by atoms with Gasteiger partial charge in [-0.1, -0.05) is 30.4 Å². The van der Waals surface area contributed by atoms with E-state index in [0.717, 1.165) is 12.8 Å². The highest BCUT2D eigenvalue weighted by Crippen LogP contribution is 2.11.